The number of amides is 4. The van der Waals surface area contributed by atoms with E-state index < -0.39 is 47.8 Å². The molecule has 2 atom stereocenters. The first-order chi connectivity index (χ1) is 26.3. The SMILES string of the molecule is O=C(O[C@@H]1CCCC[C@H]1OC(=O)c1ccccc1N1C(=O)c2cccc3cccc(c23)C1=O)c1ccccc1N1C(=O)c2cccc3cccc(c23)C1=O. The Morgan fingerprint density at radius 3 is 1.13 bits per heavy atom. The molecule has 6 aromatic rings. The Balaban J connectivity index is 0.978. The number of rotatable bonds is 6. The van der Waals surface area contributed by atoms with Gasteiger partial charge in [-0.25, -0.2) is 19.4 Å². The molecular formula is C44H30N2O8. The smallest absolute Gasteiger partial charge is 0.340 e. The lowest BCUT2D eigenvalue weighted by Crippen LogP contribution is -2.42. The van der Waals surface area contributed by atoms with Gasteiger partial charge in [-0.1, -0.05) is 72.8 Å². The van der Waals surface area contributed by atoms with Gasteiger partial charge >= 0.3 is 11.9 Å². The fourth-order valence-corrected chi connectivity index (χ4v) is 7.92. The number of carbonyl (C=O) groups excluding carboxylic acids is 6. The molecule has 0 aromatic heterocycles. The van der Waals surface area contributed by atoms with Crippen LogP contribution >= 0.6 is 0 Å². The minimum atomic E-state index is -0.847. The zero-order valence-corrected chi connectivity index (χ0v) is 28.7. The van der Waals surface area contributed by atoms with Gasteiger partial charge < -0.3 is 9.47 Å². The number of para-hydroxylation sites is 2. The van der Waals surface area contributed by atoms with Crippen LogP contribution in [0.15, 0.2) is 121 Å². The van der Waals surface area contributed by atoms with Crippen molar-refractivity contribution in [3.05, 3.63) is 155 Å². The van der Waals surface area contributed by atoms with Gasteiger partial charge in [0.25, 0.3) is 23.6 Å². The number of esters is 2. The number of imide groups is 2. The van der Waals surface area contributed by atoms with Crippen molar-refractivity contribution in [1.29, 1.82) is 0 Å². The largest absolute Gasteiger partial charge is 0.455 e. The van der Waals surface area contributed by atoms with Gasteiger partial charge in [0.2, 0.25) is 0 Å². The first-order valence-electron chi connectivity index (χ1n) is 17.7. The second-order valence-electron chi connectivity index (χ2n) is 13.5. The van der Waals surface area contributed by atoms with E-state index in [-0.39, 0.29) is 22.5 Å². The number of carbonyl (C=O) groups is 6. The molecule has 1 aliphatic carbocycles. The first kappa shape index (κ1) is 32.9. The van der Waals surface area contributed by atoms with Crippen LogP contribution in [0.2, 0.25) is 0 Å². The summed E-state index contributed by atoms with van der Waals surface area (Å²) in [5.74, 6) is -3.79. The van der Waals surface area contributed by atoms with Gasteiger partial charge in [0.1, 0.15) is 12.2 Å². The average molecular weight is 715 g/mol. The quantitative estimate of drug-likeness (QED) is 0.126. The summed E-state index contributed by atoms with van der Waals surface area (Å²) in [5.41, 5.74) is 1.55. The van der Waals surface area contributed by atoms with Crippen molar-refractivity contribution in [3.8, 4) is 0 Å². The molecule has 0 saturated heterocycles. The Hall–Kier alpha value is -6.94. The molecule has 1 fully saturated rings. The van der Waals surface area contributed by atoms with Gasteiger partial charge in [0.15, 0.2) is 0 Å². The molecule has 0 unspecified atom stereocenters. The fourth-order valence-electron chi connectivity index (χ4n) is 7.92. The van der Waals surface area contributed by atoms with E-state index in [1.54, 1.807) is 72.8 Å². The second kappa shape index (κ2) is 12.9. The first-order valence-corrected chi connectivity index (χ1v) is 17.7. The van der Waals surface area contributed by atoms with E-state index in [0.717, 1.165) is 20.6 Å². The van der Waals surface area contributed by atoms with Crippen molar-refractivity contribution < 1.29 is 38.2 Å². The molecule has 0 bridgehead atoms. The summed E-state index contributed by atoms with van der Waals surface area (Å²) >= 11 is 0. The predicted molar refractivity (Wildman–Crippen MR) is 200 cm³/mol. The highest BCUT2D eigenvalue weighted by atomic mass is 16.6. The van der Waals surface area contributed by atoms with Gasteiger partial charge in [-0.2, -0.15) is 0 Å². The summed E-state index contributed by atoms with van der Waals surface area (Å²) in [4.78, 5) is 85.2. The zero-order valence-electron chi connectivity index (χ0n) is 28.7. The maximum Gasteiger partial charge on any atom is 0.340 e. The molecule has 9 rings (SSSR count). The number of hydrogen-bond acceptors (Lipinski definition) is 8. The molecule has 1 saturated carbocycles. The Kier molecular flexibility index (Phi) is 7.88. The summed E-state index contributed by atoms with van der Waals surface area (Å²) in [7, 11) is 0. The molecule has 10 heteroatoms. The molecule has 6 aromatic carbocycles. The van der Waals surface area contributed by atoms with Crippen molar-refractivity contribution in [2.24, 2.45) is 0 Å². The van der Waals surface area contributed by atoms with E-state index >= 15 is 0 Å². The molecular weight excluding hydrogens is 684 g/mol. The summed E-state index contributed by atoms with van der Waals surface area (Å²) in [5, 5.41) is 2.65. The van der Waals surface area contributed by atoms with Crippen LogP contribution in [0.25, 0.3) is 21.5 Å². The maximum absolute atomic E-state index is 13.9. The van der Waals surface area contributed by atoms with E-state index in [0.29, 0.717) is 58.7 Å². The van der Waals surface area contributed by atoms with Gasteiger partial charge in [-0.15, -0.1) is 0 Å². The summed E-state index contributed by atoms with van der Waals surface area (Å²) < 4.78 is 12.0. The third kappa shape index (κ3) is 5.17. The van der Waals surface area contributed by atoms with Crippen LogP contribution in [0, 0.1) is 0 Å². The van der Waals surface area contributed by atoms with Crippen molar-refractivity contribution in [3.63, 3.8) is 0 Å². The summed E-state index contributed by atoms with van der Waals surface area (Å²) in [6.07, 6.45) is 0.509. The van der Waals surface area contributed by atoms with Gasteiger partial charge in [0, 0.05) is 33.0 Å². The lowest BCUT2D eigenvalue weighted by molar-refractivity contribution is -0.0513. The molecule has 2 aliphatic heterocycles. The minimum absolute atomic E-state index is 0.00387. The maximum atomic E-state index is 13.9. The standard InChI is InChI=1S/C44H30N2O8/c47-39-29-17-7-11-25-12-8-18-30(37(25)29)40(48)45(39)33-21-3-1-15-27(33)43(51)53-35-23-5-6-24-36(35)54-44(52)28-16-2-4-22-34(28)46-41(49)31-19-9-13-26-14-10-20-32(38(26)31)42(46)50/h1-4,7-22,35-36H,5-6,23-24H2/t35-,36-/m1/s1. The van der Waals surface area contributed by atoms with E-state index in [1.807, 2.05) is 24.3 Å². The van der Waals surface area contributed by atoms with Crippen LogP contribution in [-0.4, -0.2) is 47.8 Å². The second-order valence-corrected chi connectivity index (χ2v) is 13.5. The average Bonchev–Trinajstić information content (AvgIpc) is 3.20. The van der Waals surface area contributed by atoms with Gasteiger partial charge in [0.05, 0.1) is 22.5 Å². The molecule has 0 spiro atoms. The van der Waals surface area contributed by atoms with Crippen LogP contribution in [-0.2, 0) is 9.47 Å². The normalized spacial score (nSPS) is 17.9. The number of hydrogen-bond donors (Lipinski definition) is 0. The van der Waals surface area contributed by atoms with E-state index in [2.05, 4.69) is 0 Å². The Labute approximate surface area is 308 Å². The fraction of sp³-hybridized carbons (Fsp3) is 0.136. The van der Waals surface area contributed by atoms with Crippen LogP contribution in [0.5, 0.6) is 0 Å². The lowest BCUT2D eigenvalue weighted by atomic mass is 9.93. The molecule has 264 valence electrons. The monoisotopic (exact) mass is 714 g/mol. The molecule has 3 aliphatic rings. The molecule has 4 amide bonds. The van der Waals surface area contributed by atoms with Gasteiger partial charge in [-0.3, -0.25) is 19.2 Å². The van der Waals surface area contributed by atoms with E-state index in [4.69, 9.17) is 9.47 Å². The topological polar surface area (TPSA) is 127 Å². The van der Waals surface area contributed by atoms with Crippen molar-refractivity contribution >= 4 is 68.5 Å². The van der Waals surface area contributed by atoms with Crippen LogP contribution in [0.3, 0.4) is 0 Å². The Morgan fingerprint density at radius 1 is 0.444 bits per heavy atom. The number of nitrogens with zero attached hydrogens (tertiary/aromatic N) is 2. The van der Waals surface area contributed by atoms with Crippen LogP contribution in [0.4, 0.5) is 11.4 Å². The number of anilines is 2. The van der Waals surface area contributed by atoms with E-state index in [1.165, 1.54) is 24.3 Å². The predicted octanol–water partition coefficient (Wildman–Crippen LogP) is 7.92. The molecule has 2 heterocycles. The highest BCUT2D eigenvalue weighted by Crippen LogP contribution is 2.37. The molecule has 0 radical (unpaired) electrons. The van der Waals surface area contributed by atoms with Crippen LogP contribution in [0.1, 0.15) is 87.8 Å². The summed E-state index contributed by atoms with van der Waals surface area (Å²) in [6.45, 7) is 0. The highest BCUT2D eigenvalue weighted by Gasteiger charge is 2.39. The summed E-state index contributed by atoms with van der Waals surface area (Å²) in [6, 6.07) is 33.5. The third-order valence-electron chi connectivity index (χ3n) is 10.4. The lowest BCUT2D eigenvalue weighted by Gasteiger charge is -2.32. The van der Waals surface area contributed by atoms with E-state index in [9.17, 15) is 28.8 Å². The van der Waals surface area contributed by atoms with Gasteiger partial charge in [-0.05, 0) is 85.0 Å². The molecule has 10 nitrogen and oxygen atoms in total. The van der Waals surface area contributed by atoms with Crippen molar-refractivity contribution in [2.45, 2.75) is 37.9 Å². The zero-order chi connectivity index (χ0) is 37.1. The number of ether oxygens (including phenoxy) is 2. The minimum Gasteiger partial charge on any atom is -0.455 e. The molecule has 0 N–H and O–H groups in total. The van der Waals surface area contributed by atoms with Crippen LogP contribution < -0.4 is 9.80 Å². The Morgan fingerprint density at radius 2 is 0.778 bits per heavy atom. The van der Waals surface area contributed by atoms with Crippen molar-refractivity contribution in [2.75, 3.05) is 9.80 Å². The van der Waals surface area contributed by atoms with Crippen molar-refractivity contribution in [1.82, 2.24) is 0 Å². The highest BCUT2D eigenvalue weighted by molar-refractivity contribution is 6.37. The third-order valence-corrected chi connectivity index (χ3v) is 10.4. The Bertz CT molecular complexity index is 2350. The number of benzene rings is 6. The molecule has 54 heavy (non-hydrogen) atoms.